The highest BCUT2D eigenvalue weighted by atomic mass is 15.1. The summed E-state index contributed by atoms with van der Waals surface area (Å²) in [5.74, 6) is 2.46. The number of hydrogen-bond donors (Lipinski definition) is 1. The molecule has 12 heavy (non-hydrogen) atoms. The largest absolute Gasteiger partial charge is 0.314 e. The molecule has 62 valence electrons. The van der Waals surface area contributed by atoms with E-state index in [0.29, 0.717) is 0 Å². The van der Waals surface area contributed by atoms with E-state index in [0.717, 1.165) is 17.0 Å². The molecule has 0 aliphatic carbocycles. The quantitative estimate of drug-likeness (QED) is 0.618. The van der Waals surface area contributed by atoms with Gasteiger partial charge in [0.1, 0.15) is 0 Å². The van der Waals surface area contributed by atoms with Gasteiger partial charge in [-0.05, 0) is 19.9 Å². The zero-order valence-corrected chi connectivity index (χ0v) is 7.20. The molecule has 0 saturated carbocycles. The van der Waals surface area contributed by atoms with Gasteiger partial charge in [-0.1, -0.05) is 5.92 Å². The van der Waals surface area contributed by atoms with Crippen molar-refractivity contribution in [2.75, 3.05) is 0 Å². The van der Waals surface area contributed by atoms with Gasteiger partial charge in [-0.15, -0.1) is 6.42 Å². The Labute approximate surface area is 72.0 Å². The van der Waals surface area contributed by atoms with E-state index in [2.05, 4.69) is 16.1 Å². The third-order valence-electron chi connectivity index (χ3n) is 1.65. The topological polar surface area (TPSA) is 51.8 Å². The molecule has 0 amide bonds. The molecule has 0 aromatic carbocycles. The maximum absolute atomic E-state index is 5.66. The van der Waals surface area contributed by atoms with Crippen molar-refractivity contribution in [3.63, 3.8) is 0 Å². The van der Waals surface area contributed by atoms with Gasteiger partial charge in [-0.2, -0.15) is 10.2 Å². The molecule has 0 aliphatic rings. The molecule has 1 atom stereocenters. The lowest BCUT2D eigenvalue weighted by Gasteiger charge is -2.07. The molecule has 0 radical (unpaired) electrons. The van der Waals surface area contributed by atoms with Crippen LogP contribution in [0.5, 0.6) is 0 Å². The monoisotopic (exact) mass is 161 g/mol. The van der Waals surface area contributed by atoms with E-state index in [1.54, 1.807) is 0 Å². The van der Waals surface area contributed by atoms with Crippen molar-refractivity contribution in [2.24, 2.45) is 5.73 Å². The standard InChI is InChI=1S/C9H11N3/c1-4-9(10)8-5-6(2)11-12-7(8)3/h1,5,9H,10H2,2-3H3. The number of aryl methyl sites for hydroxylation is 2. The van der Waals surface area contributed by atoms with Crippen molar-refractivity contribution in [1.82, 2.24) is 10.2 Å². The van der Waals surface area contributed by atoms with E-state index in [1.807, 2.05) is 19.9 Å². The fourth-order valence-electron chi connectivity index (χ4n) is 0.975. The lowest BCUT2D eigenvalue weighted by Crippen LogP contribution is -2.11. The average Bonchev–Trinajstić information content (AvgIpc) is 2.08. The van der Waals surface area contributed by atoms with E-state index >= 15 is 0 Å². The first kappa shape index (κ1) is 8.69. The Balaban J connectivity index is 3.15. The van der Waals surface area contributed by atoms with Gasteiger partial charge in [0.15, 0.2) is 0 Å². The minimum atomic E-state index is -0.376. The van der Waals surface area contributed by atoms with Crippen LogP contribution in [0.1, 0.15) is 23.0 Å². The fourth-order valence-corrected chi connectivity index (χ4v) is 0.975. The van der Waals surface area contributed by atoms with Crippen LogP contribution in [0, 0.1) is 26.2 Å². The second kappa shape index (κ2) is 3.33. The molecule has 1 heterocycles. The summed E-state index contributed by atoms with van der Waals surface area (Å²) in [7, 11) is 0. The molecule has 0 aliphatic heterocycles. The molecule has 3 nitrogen and oxygen atoms in total. The van der Waals surface area contributed by atoms with E-state index in [4.69, 9.17) is 12.2 Å². The smallest absolute Gasteiger partial charge is 0.0937 e. The van der Waals surface area contributed by atoms with E-state index in [9.17, 15) is 0 Å². The normalized spacial score (nSPS) is 12.2. The second-order valence-corrected chi connectivity index (χ2v) is 2.67. The van der Waals surface area contributed by atoms with E-state index in [-0.39, 0.29) is 6.04 Å². The molecule has 0 saturated heterocycles. The Morgan fingerprint density at radius 2 is 2.17 bits per heavy atom. The Morgan fingerprint density at radius 3 is 2.75 bits per heavy atom. The number of aromatic nitrogens is 2. The summed E-state index contributed by atoms with van der Waals surface area (Å²) in [6.07, 6.45) is 5.20. The van der Waals surface area contributed by atoms with Crippen molar-refractivity contribution in [2.45, 2.75) is 19.9 Å². The summed E-state index contributed by atoms with van der Waals surface area (Å²) >= 11 is 0. The molecule has 1 unspecified atom stereocenters. The summed E-state index contributed by atoms with van der Waals surface area (Å²) in [4.78, 5) is 0. The lowest BCUT2D eigenvalue weighted by atomic mass is 10.1. The third kappa shape index (κ3) is 1.60. The first-order valence-corrected chi connectivity index (χ1v) is 3.67. The minimum absolute atomic E-state index is 0.376. The highest BCUT2D eigenvalue weighted by Gasteiger charge is 2.07. The zero-order valence-electron chi connectivity index (χ0n) is 7.20. The molecule has 1 rings (SSSR count). The van der Waals surface area contributed by atoms with Gasteiger partial charge in [0.2, 0.25) is 0 Å². The highest BCUT2D eigenvalue weighted by molar-refractivity contribution is 5.28. The minimum Gasteiger partial charge on any atom is -0.314 e. The van der Waals surface area contributed by atoms with Crippen molar-refractivity contribution in [3.05, 3.63) is 23.0 Å². The van der Waals surface area contributed by atoms with Gasteiger partial charge in [0, 0.05) is 5.56 Å². The van der Waals surface area contributed by atoms with Crippen LogP contribution in [0.15, 0.2) is 6.07 Å². The molecule has 1 aromatic heterocycles. The summed E-state index contributed by atoms with van der Waals surface area (Å²) in [5, 5.41) is 7.80. The molecule has 0 spiro atoms. The molecular formula is C9H11N3. The number of nitrogens with zero attached hydrogens (tertiary/aromatic N) is 2. The third-order valence-corrected chi connectivity index (χ3v) is 1.65. The van der Waals surface area contributed by atoms with Crippen molar-refractivity contribution in [3.8, 4) is 12.3 Å². The van der Waals surface area contributed by atoms with Crippen LogP contribution in [0.4, 0.5) is 0 Å². The number of nitrogens with two attached hydrogens (primary N) is 1. The second-order valence-electron chi connectivity index (χ2n) is 2.67. The first-order chi connectivity index (χ1) is 5.65. The Hall–Kier alpha value is -1.40. The fraction of sp³-hybridized carbons (Fsp3) is 0.333. The summed E-state index contributed by atoms with van der Waals surface area (Å²) < 4.78 is 0. The number of rotatable bonds is 1. The predicted octanol–water partition coefficient (Wildman–Crippen LogP) is 0.726. The molecule has 0 fully saturated rings. The number of terminal acetylenes is 1. The lowest BCUT2D eigenvalue weighted by molar-refractivity contribution is 0.852. The summed E-state index contributed by atoms with van der Waals surface area (Å²) in [6, 6.07) is 1.49. The van der Waals surface area contributed by atoms with Crippen LogP contribution < -0.4 is 5.73 Å². The van der Waals surface area contributed by atoms with E-state index in [1.165, 1.54) is 0 Å². The molecular weight excluding hydrogens is 150 g/mol. The van der Waals surface area contributed by atoms with Crippen LogP contribution in [-0.4, -0.2) is 10.2 Å². The van der Waals surface area contributed by atoms with Crippen LogP contribution in [-0.2, 0) is 0 Å². The molecule has 3 heteroatoms. The first-order valence-electron chi connectivity index (χ1n) is 3.67. The molecule has 0 bridgehead atoms. The van der Waals surface area contributed by atoms with Gasteiger partial charge in [-0.3, -0.25) is 0 Å². The van der Waals surface area contributed by atoms with Crippen LogP contribution in [0.25, 0.3) is 0 Å². The van der Waals surface area contributed by atoms with Gasteiger partial charge in [0.05, 0.1) is 17.4 Å². The Bertz CT molecular complexity index is 325. The van der Waals surface area contributed by atoms with Crippen molar-refractivity contribution < 1.29 is 0 Å². The Morgan fingerprint density at radius 1 is 1.50 bits per heavy atom. The maximum Gasteiger partial charge on any atom is 0.0937 e. The highest BCUT2D eigenvalue weighted by Crippen LogP contribution is 2.12. The van der Waals surface area contributed by atoms with Gasteiger partial charge in [0.25, 0.3) is 0 Å². The number of hydrogen-bond acceptors (Lipinski definition) is 3. The molecule has 2 N–H and O–H groups in total. The summed E-state index contributed by atoms with van der Waals surface area (Å²) in [5.41, 5.74) is 8.17. The SMILES string of the molecule is C#CC(N)c1cc(C)nnc1C. The van der Waals surface area contributed by atoms with Crippen LogP contribution >= 0.6 is 0 Å². The Kier molecular flexibility index (Phi) is 2.41. The molecule has 1 aromatic rings. The zero-order chi connectivity index (χ0) is 9.14. The van der Waals surface area contributed by atoms with Gasteiger partial charge >= 0.3 is 0 Å². The van der Waals surface area contributed by atoms with Gasteiger partial charge < -0.3 is 5.73 Å². The van der Waals surface area contributed by atoms with E-state index < -0.39 is 0 Å². The predicted molar refractivity (Wildman–Crippen MR) is 47.3 cm³/mol. The average molecular weight is 161 g/mol. The van der Waals surface area contributed by atoms with Gasteiger partial charge in [-0.25, -0.2) is 0 Å². The maximum atomic E-state index is 5.66. The van der Waals surface area contributed by atoms with Crippen molar-refractivity contribution >= 4 is 0 Å². The summed E-state index contributed by atoms with van der Waals surface area (Å²) in [6.45, 7) is 3.71. The van der Waals surface area contributed by atoms with Crippen molar-refractivity contribution in [1.29, 1.82) is 0 Å². The van der Waals surface area contributed by atoms with Crippen LogP contribution in [0.2, 0.25) is 0 Å². The van der Waals surface area contributed by atoms with Crippen LogP contribution in [0.3, 0.4) is 0 Å².